The lowest BCUT2D eigenvalue weighted by Gasteiger charge is -2.24. The van der Waals surface area contributed by atoms with E-state index in [-0.39, 0.29) is 11.9 Å². The highest BCUT2D eigenvalue weighted by Gasteiger charge is 2.16. The second-order valence-corrected chi connectivity index (χ2v) is 4.42. The Morgan fingerprint density at radius 2 is 1.88 bits per heavy atom. The van der Waals surface area contributed by atoms with Gasteiger partial charge >= 0.3 is 0 Å². The van der Waals surface area contributed by atoms with Crippen molar-refractivity contribution < 1.29 is 4.39 Å². The third kappa shape index (κ3) is 3.32. The molecule has 1 aromatic rings. The van der Waals surface area contributed by atoms with Crippen molar-refractivity contribution in [2.24, 2.45) is 5.92 Å². The molecular formula is C13H17FN2. The van der Waals surface area contributed by atoms with Gasteiger partial charge in [-0.15, -0.1) is 0 Å². The first-order chi connectivity index (χ1) is 7.54. The highest BCUT2D eigenvalue weighted by Crippen LogP contribution is 2.19. The molecule has 1 atom stereocenters. The van der Waals surface area contributed by atoms with E-state index in [9.17, 15) is 4.39 Å². The summed E-state index contributed by atoms with van der Waals surface area (Å²) in [5.74, 6) is 0.230. The zero-order valence-electron chi connectivity index (χ0n) is 9.94. The monoisotopic (exact) mass is 220 g/mol. The number of hydrogen-bond donors (Lipinski definition) is 0. The van der Waals surface area contributed by atoms with Gasteiger partial charge in [0.25, 0.3) is 0 Å². The Bertz CT molecular complexity index is 365. The Morgan fingerprint density at radius 1 is 1.31 bits per heavy atom. The molecule has 0 aliphatic rings. The van der Waals surface area contributed by atoms with Gasteiger partial charge in [0.05, 0.1) is 6.07 Å². The molecular weight excluding hydrogens is 203 g/mol. The Balaban J connectivity index is 2.82. The van der Waals surface area contributed by atoms with Gasteiger partial charge in [-0.3, -0.25) is 4.90 Å². The third-order valence-corrected chi connectivity index (χ3v) is 2.40. The Hall–Kier alpha value is -1.40. The second-order valence-electron chi connectivity index (χ2n) is 4.42. The molecule has 3 heteroatoms. The molecule has 16 heavy (non-hydrogen) atoms. The maximum Gasteiger partial charge on any atom is 0.123 e. The minimum atomic E-state index is -0.303. The first-order valence-electron chi connectivity index (χ1n) is 5.40. The maximum absolute atomic E-state index is 12.8. The Kier molecular flexibility index (Phi) is 4.45. The van der Waals surface area contributed by atoms with Crippen molar-refractivity contribution >= 4 is 0 Å². The zero-order chi connectivity index (χ0) is 12.1. The lowest BCUT2D eigenvalue weighted by Crippen LogP contribution is -2.27. The molecule has 0 bridgehead atoms. The molecule has 0 radical (unpaired) electrons. The number of nitrogens with zero attached hydrogens (tertiary/aromatic N) is 2. The summed E-state index contributed by atoms with van der Waals surface area (Å²) in [6.07, 6.45) is 0. The fraction of sp³-hybridized carbons (Fsp3) is 0.462. The van der Waals surface area contributed by atoms with Gasteiger partial charge in [-0.1, -0.05) is 26.0 Å². The predicted molar refractivity (Wildman–Crippen MR) is 62.2 cm³/mol. The summed E-state index contributed by atoms with van der Waals surface area (Å²) in [7, 11) is 1.91. The molecule has 0 amide bonds. The molecule has 0 aliphatic heterocycles. The van der Waals surface area contributed by atoms with Crippen molar-refractivity contribution in [1.82, 2.24) is 4.90 Å². The summed E-state index contributed by atoms with van der Waals surface area (Å²) in [4.78, 5) is 1.98. The van der Waals surface area contributed by atoms with E-state index in [1.54, 1.807) is 12.1 Å². The normalized spacial score (nSPS) is 12.8. The van der Waals surface area contributed by atoms with Crippen LogP contribution in [0.2, 0.25) is 0 Å². The summed E-state index contributed by atoms with van der Waals surface area (Å²) in [5, 5.41) is 9.15. The van der Waals surface area contributed by atoms with Gasteiger partial charge < -0.3 is 0 Å². The number of rotatable bonds is 4. The molecule has 1 rings (SSSR count). The van der Waals surface area contributed by atoms with Gasteiger partial charge in [-0.25, -0.2) is 4.39 Å². The van der Waals surface area contributed by atoms with Crippen molar-refractivity contribution in [3.05, 3.63) is 35.6 Å². The van der Waals surface area contributed by atoms with Gasteiger partial charge in [-0.2, -0.15) is 5.26 Å². The van der Waals surface area contributed by atoms with Gasteiger partial charge in [0.2, 0.25) is 0 Å². The molecule has 86 valence electrons. The number of benzene rings is 1. The van der Waals surface area contributed by atoms with Crippen LogP contribution in [0, 0.1) is 23.1 Å². The van der Waals surface area contributed by atoms with E-state index in [4.69, 9.17) is 5.26 Å². The van der Waals surface area contributed by atoms with Gasteiger partial charge in [0, 0.05) is 6.54 Å². The van der Waals surface area contributed by atoms with E-state index in [2.05, 4.69) is 19.9 Å². The topological polar surface area (TPSA) is 27.0 Å². The van der Waals surface area contributed by atoms with E-state index in [1.807, 2.05) is 11.9 Å². The molecule has 2 nitrogen and oxygen atoms in total. The standard InChI is InChI=1S/C13H17FN2/c1-10(2)9-16(3)13(8-15)11-4-6-12(14)7-5-11/h4-7,10,13H,9H2,1-3H3. The Labute approximate surface area is 96.3 Å². The van der Waals surface area contributed by atoms with Crippen molar-refractivity contribution in [3.63, 3.8) is 0 Å². The highest BCUT2D eigenvalue weighted by atomic mass is 19.1. The molecule has 0 aromatic heterocycles. The van der Waals surface area contributed by atoms with Crippen LogP contribution in [0.15, 0.2) is 24.3 Å². The molecule has 1 unspecified atom stereocenters. The second kappa shape index (κ2) is 5.62. The number of nitriles is 1. The molecule has 0 aliphatic carbocycles. The first-order valence-corrected chi connectivity index (χ1v) is 5.40. The number of hydrogen-bond acceptors (Lipinski definition) is 2. The molecule has 0 spiro atoms. The van der Waals surface area contributed by atoms with Crippen LogP contribution >= 0.6 is 0 Å². The minimum Gasteiger partial charge on any atom is -0.287 e. The molecule has 0 fully saturated rings. The van der Waals surface area contributed by atoms with Gasteiger partial charge in [0.15, 0.2) is 0 Å². The Morgan fingerprint density at radius 3 is 2.31 bits per heavy atom. The lowest BCUT2D eigenvalue weighted by molar-refractivity contribution is 0.259. The summed E-state index contributed by atoms with van der Waals surface area (Å²) in [6, 6.07) is 8.06. The van der Waals surface area contributed by atoms with Crippen LogP contribution in [0.4, 0.5) is 4.39 Å². The van der Waals surface area contributed by atoms with Crippen LogP contribution in [0.3, 0.4) is 0 Å². The van der Waals surface area contributed by atoms with E-state index in [1.165, 1.54) is 12.1 Å². The zero-order valence-corrected chi connectivity index (χ0v) is 9.94. The fourth-order valence-electron chi connectivity index (χ4n) is 1.75. The van der Waals surface area contributed by atoms with Crippen molar-refractivity contribution in [2.45, 2.75) is 19.9 Å². The third-order valence-electron chi connectivity index (χ3n) is 2.40. The highest BCUT2D eigenvalue weighted by molar-refractivity contribution is 5.24. The molecule has 0 saturated carbocycles. The van der Waals surface area contributed by atoms with E-state index in [0.29, 0.717) is 5.92 Å². The summed E-state index contributed by atoms with van der Waals surface area (Å²) >= 11 is 0. The van der Waals surface area contributed by atoms with Crippen LogP contribution in [-0.2, 0) is 0 Å². The molecule has 0 N–H and O–H groups in total. The van der Waals surface area contributed by atoms with Gasteiger partial charge in [-0.05, 0) is 30.7 Å². The van der Waals surface area contributed by atoms with Crippen molar-refractivity contribution in [3.8, 4) is 6.07 Å². The average molecular weight is 220 g/mol. The van der Waals surface area contributed by atoms with Crippen LogP contribution in [0.5, 0.6) is 0 Å². The molecule has 0 saturated heterocycles. The van der Waals surface area contributed by atoms with Crippen molar-refractivity contribution in [2.75, 3.05) is 13.6 Å². The van der Waals surface area contributed by atoms with Crippen molar-refractivity contribution in [1.29, 1.82) is 5.26 Å². The maximum atomic E-state index is 12.8. The van der Waals surface area contributed by atoms with E-state index >= 15 is 0 Å². The van der Waals surface area contributed by atoms with Crippen LogP contribution in [0.1, 0.15) is 25.5 Å². The fourth-order valence-corrected chi connectivity index (χ4v) is 1.75. The van der Waals surface area contributed by atoms with Crippen LogP contribution in [-0.4, -0.2) is 18.5 Å². The SMILES string of the molecule is CC(C)CN(C)C(C#N)c1ccc(F)cc1. The molecule has 1 aromatic carbocycles. The predicted octanol–water partition coefficient (Wildman–Crippen LogP) is 2.98. The minimum absolute atomic E-state index is 0.271. The largest absolute Gasteiger partial charge is 0.287 e. The summed E-state index contributed by atoms with van der Waals surface area (Å²) in [6.45, 7) is 5.06. The first kappa shape index (κ1) is 12.7. The lowest BCUT2D eigenvalue weighted by atomic mass is 10.1. The number of halogens is 1. The van der Waals surface area contributed by atoms with E-state index in [0.717, 1.165) is 12.1 Å². The summed E-state index contributed by atoms with van der Waals surface area (Å²) in [5.41, 5.74) is 0.840. The summed E-state index contributed by atoms with van der Waals surface area (Å²) < 4.78 is 12.8. The molecule has 0 heterocycles. The average Bonchev–Trinajstić information content (AvgIpc) is 2.21. The van der Waals surface area contributed by atoms with E-state index < -0.39 is 0 Å². The van der Waals surface area contributed by atoms with Crippen LogP contribution in [0.25, 0.3) is 0 Å². The van der Waals surface area contributed by atoms with Crippen LogP contribution < -0.4 is 0 Å². The van der Waals surface area contributed by atoms with Gasteiger partial charge in [0.1, 0.15) is 11.9 Å². The quantitative estimate of drug-likeness (QED) is 0.780. The smallest absolute Gasteiger partial charge is 0.123 e.